The lowest BCUT2D eigenvalue weighted by atomic mass is 10.1. The summed E-state index contributed by atoms with van der Waals surface area (Å²) in [5.74, 6) is -0.177. The van der Waals surface area contributed by atoms with Crippen molar-refractivity contribution < 1.29 is 23.5 Å². The number of rotatable bonds is 7. The second-order valence-corrected chi connectivity index (χ2v) is 6.47. The van der Waals surface area contributed by atoms with Gasteiger partial charge in [-0.3, -0.25) is 9.59 Å². The molecular weight excluding hydrogens is 358 g/mol. The molecule has 1 aromatic heterocycles. The Morgan fingerprint density at radius 1 is 1.14 bits per heavy atom. The van der Waals surface area contributed by atoms with E-state index >= 15 is 0 Å². The summed E-state index contributed by atoms with van der Waals surface area (Å²) in [5, 5.41) is 3.65. The minimum absolute atomic E-state index is 0.0250. The highest BCUT2D eigenvalue weighted by Gasteiger charge is 2.15. The van der Waals surface area contributed by atoms with E-state index in [0.29, 0.717) is 16.9 Å². The van der Waals surface area contributed by atoms with Crippen LogP contribution in [0.25, 0.3) is 11.0 Å². The van der Waals surface area contributed by atoms with Crippen LogP contribution in [0.4, 0.5) is 5.69 Å². The van der Waals surface area contributed by atoms with E-state index in [1.54, 1.807) is 19.2 Å². The maximum atomic E-state index is 12.2. The number of esters is 1. The SMILES string of the molecule is CCc1cccc(C)c1NC(=O)COC(=O)Cc1coc2cc(OC)ccc12. The fourth-order valence-corrected chi connectivity index (χ4v) is 3.06. The van der Waals surface area contributed by atoms with Gasteiger partial charge in [0.15, 0.2) is 6.61 Å². The molecule has 0 spiro atoms. The molecule has 0 saturated heterocycles. The van der Waals surface area contributed by atoms with E-state index in [2.05, 4.69) is 5.32 Å². The molecule has 6 heteroatoms. The van der Waals surface area contributed by atoms with Gasteiger partial charge in [0, 0.05) is 22.7 Å². The Hall–Kier alpha value is -3.28. The minimum Gasteiger partial charge on any atom is -0.497 e. The van der Waals surface area contributed by atoms with Gasteiger partial charge >= 0.3 is 5.97 Å². The summed E-state index contributed by atoms with van der Waals surface area (Å²) in [6, 6.07) is 11.2. The van der Waals surface area contributed by atoms with Gasteiger partial charge in [-0.15, -0.1) is 0 Å². The first-order valence-electron chi connectivity index (χ1n) is 9.10. The van der Waals surface area contributed by atoms with Gasteiger partial charge in [-0.05, 0) is 36.6 Å². The molecule has 28 heavy (non-hydrogen) atoms. The second-order valence-electron chi connectivity index (χ2n) is 6.47. The molecule has 2 aromatic carbocycles. The highest BCUT2D eigenvalue weighted by atomic mass is 16.5. The molecule has 0 aliphatic rings. The lowest BCUT2D eigenvalue weighted by Gasteiger charge is -2.13. The summed E-state index contributed by atoms with van der Waals surface area (Å²) in [6.07, 6.45) is 2.35. The Kier molecular flexibility index (Phi) is 5.99. The quantitative estimate of drug-likeness (QED) is 0.625. The van der Waals surface area contributed by atoms with Gasteiger partial charge in [0.1, 0.15) is 11.3 Å². The lowest BCUT2D eigenvalue weighted by Crippen LogP contribution is -2.22. The monoisotopic (exact) mass is 381 g/mol. The predicted octanol–water partition coefficient (Wildman–Crippen LogP) is 4.04. The first-order valence-corrected chi connectivity index (χ1v) is 9.10. The maximum absolute atomic E-state index is 12.2. The van der Waals surface area contributed by atoms with Crippen LogP contribution in [0.5, 0.6) is 5.75 Å². The molecule has 6 nitrogen and oxygen atoms in total. The molecule has 0 radical (unpaired) electrons. The van der Waals surface area contributed by atoms with Crippen LogP contribution in [0.3, 0.4) is 0 Å². The van der Waals surface area contributed by atoms with Crippen molar-refractivity contribution in [1.82, 2.24) is 0 Å². The van der Waals surface area contributed by atoms with E-state index < -0.39 is 5.97 Å². The summed E-state index contributed by atoms with van der Waals surface area (Å²) < 4.78 is 15.8. The van der Waals surface area contributed by atoms with Crippen molar-refractivity contribution in [3.8, 4) is 5.75 Å². The zero-order valence-electron chi connectivity index (χ0n) is 16.2. The van der Waals surface area contributed by atoms with Gasteiger partial charge in [0.05, 0.1) is 19.8 Å². The van der Waals surface area contributed by atoms with Crippen molar-refractivity contribution in [2.45, 2.75) is 26.7 Å². The van der Waals surface area contributed by atoms with Crippen molar-refractivity contribution in [2.75, 3.05) is 19.0 Å². The van der Waals surface area contributed by atoms with Gasteiger partial charge in [-0.2, -0.15) is 0 Å². The van der Waals surface area contributed by atoms with E-state index in [9.17, 15) is 9.59 Å². The molecule has 1 heterocycles. The highest BCUT2D eigenvalue weighted by molar-refractivity contribution is 5.94. The third-order valence-corrected chi connectivity index (χ3v) is 4.57. The van der Waals surface area contributed by atoms with Crippen LogP contribution in [0.15, 0.2) is 47.1 Å². The molecule has 0 bridgehead atoms. The summed E-state index contributed by atoms with van der Waals surface area (Å²) in [6.45, 7) is 3.62. The van der Waals surface area contributed by atoms with Crippen LogP contribution in [-0.2, 0) is 27.2 Å². The van der Waals surface area contributed by atoms with Gasteiger partial charge in [-0.1, -0.05) is 25.1 Å². The number of hydrogen-bond donors (Lipinski definition) is 1. The van der Waals surface area contributed by atoms with Gasteiger partial charge in [0.25, 0.3) is 5.91 Å². The Balaban J connectivity index is 1.58. The van der Waals surface area contributed by atoms with Crippen molar-refractivity contribution in [1.29, 1.82) is 0 Å². The van der Waals surface area contributed by atoms with Crippen LogP contribution in [-0.4, -0.2) is 25.6 Å². The van der Waals surface area contributed by atoms with E-state index in [-0.39, 0.29) is 18.9 Å². The molecule has 3 aromatic rings. The summed E-state index contributed by atoms with van der Waals surface area (Å²) in [4.78, 5) is 24.4. The number of anilines is 1. The summed E-state index contributed by atoms with van der Waals surface area (Å²) >= 11 is 0. The molecule has 0 atom stereocenters. The number of methoxy groups -OCH3 is 1. The van der Waals surface area contributed by atoms with Crippen molar-refractivity contribution >= 4 is 28.5 Å². The van der Waals surface area contributed by atoms with Gasteiger partial charge in [0.2, 0.25) is 0 Å². The molecule has 0 saturated carbocycles. The van der Waals surface area contributed by atoms with E-state index in [4.69, 9.17) is 13.9 Å². The van der Waals surface area contributed by atoms with Crippen LogP contribution < -0.4 is 10.1 Å². The zero-order chi connectivity index (χ0) is 20.1. The topological polar surface area (TPSA) is 77.8 Å². The minimum atomic E-state index is -0.492. The Morgan fingerprint density at radius 2 is 1.96 bits per heavy atom. The van der Waals surface area contributed by atoms with E-state index in [0.717, 1.165) is 28.6 Å². The number of ether oxygens (including phenoxy) is 2. The number of benzene rings is 2. The first-order chi connectivity index (χ1) is 13.5. The predicted molar refractivity (Wildman–Crippen MR) is 107 cm³/mol. The zero-order valence-corrected chi connectivity index (χ0v) is 16.2. The standard InChI is InChI=1S/C22H23NO5/c1-4-15-7-5-6-14(2)22(15)23-20(24)13-28-21(25)10-16-12-27-19-11-17(26-3)8-9-18(16)19/h5-9,11-12H,4,10,13H2,1-3H3,(H,23,24). The molecule has 1 N–H and O–H groups in total. The molecule has 0 aliphatic carbocycles. The number of nitrogens with one attached hydrogen (secondary N) is 1. The van der Waals surface area contributed by atoms with Crippen LogP contribution in [0.1, 0.15) is 23.6 Å². The van der Waals surface area contributed by atoms with Gasteiger partial charge in [-0.25, -0.2) is 0 Å². The average molecular weight is 381 g/mol. The second kappa shape index (κ2) is 8.61. The Bertz CT molecular complexity index is 1010. The molecule has 1 amide bonds. The summed E-state index contributed by atoms with van der Waals surface area (Å²) in [7, 11) is 1.58. The van der Waals surface area contributed by atoms with E-state index in [1.165, 1.54) is 6.26 Å². The fourth-order valence-electron chi connectivity index (χ4n) is 3.06. The fraction of sp³-hybridized carbons (Fsp3) is 0.273. The third kappa shape index (κ3) is 4.34. The number of para-hydroxylation sites is 1. The Labute approximate surface area is 163 Å². The third-order valence-electron chi connectivity index (χ3n) is 4.57. The normalized spacial score (nSPS) is 10.7. The molecule has 3 rings (SSSR count). The van der Waals surface area contributed by atoms with Crippen molar-refractivity contribution in [3.63, 3.8) is 0 Å². The molecule has 0 fully saturated rings. The van der Waals surface area contributed by atoms with Crippen LogP contribution in [0, 0.1) is 6.92 Å². The highest BCUT2D eigenvalue weighted by Crippen LogP contribution is 2.26. The summed E-state index contributed by atoms with van der Waals surface area (Å²) in [5.41, 5.74) is 4.13. The first kappa shape index (κ1) is 19.5. The van der Waals surface area contributed by atoms with Gasteiger partial charge < -0.3 is 19.2 Å². The van der Waals surface area contributed by atoms with E-state index in [1.807, 2.05) is 38.1 Å². The number of furan rings is 1. The molecular formula is C22H23NO5. The number of aryl methyl sites for hydroxylation is 2. The number of amides is 1. The largest absolute Gasteiger partial charge is 0.497 e. The van der Waals surface area contributed by atoms with Crippen molar-refractivity contribution in [3.05, 3.63) is 59.4 Å². The van der Waals surface area contributed by atoms with Crippen LogP contribution >= 0.6 is 0 Å². The number of fused-ring (bicyclic) bond motifs is 1. The maximum Gasteiger partial charge on any atom is 0.310 e. The lowest BCUT2D eigenvalue weighted by molar-refractivity contribution is -0.146. The number of carbonyl (C=O) groups excluding carboxylic acids is 2. The number of hydrogen-bond acceptors (Lipinski definition) is 5. The van der Waals surface area contributed by atoms with Crippen molar-refractivity contribution in [2.24, 2.45) is 0 Å². The number of carbonyl (C=O) groups is 2. The molecule has 0 aliphatic heterocycles. The molecule has 0 unspecified atom stereocenters. The average Bonchev–Trinajstić information content (AvgIpc) is 3.09. The van der Waals surface area contributed by atoms with Crippen LogP contribution in [0.2, 0.25) is 0 Å². The molecule has 146 valence electrons. The smallest absolute Gasteiger partial charge is 0.310 e. The Morgan fingerprint density at radius 3 is 2.71 bits per heavy atom.